The van der Waals surface area contributed by atoms with E-state index in [0.29, 0.717) is 16.8 Å². The van der Waals surface area contributed by atoms with Crippen molar-refractivity contribution < 1.29 is 19.4 Å². The molecule has 6 nitrogen and oxygen atoms in total. The van der Waals surface area contributed by atoms with Crippen LogP contribution in [0.3, 0.4) is 0 Å². The molecule has 3 aromatic rings. The largest absolute Gasteiger partial charge is 0.507 e. The summed E-state index contributed by atoms with van der Waals surface area (Å²) in [7, 11) is 0. The van der Waals surface area contributed by atoms with Crippen LogP contribution in [0.15, 0.2) is 66.5 Å². The first-order chi connectivity index (χ1) is 15.9. The summed E-state index contributed by atoms with van der Waals surface area (Å²) < 4.78 is 5.76. The number of rotatable bonds is 3. The predicted octanol–water partition coefficient (Wildman–Crippen LogP) is 4.65. The maximum absolute atomic E-state index is 13.3. The fraction of sp³-hybridized carbons (Fsp3) is 0.222. The molecule has 2 aliphatic heterocycles. The van der Waals surface area contributed by atoms with E-state index in [-0.39, 0.29) is 17.4 Å². The standard InChI is InChI=1S/C27H24N2O4/c1-15-6-4-8-21(17(15)3)29-24(19-7-5-11-28-14-19)23(26(31)27(29)32)25(30)18-9-10-22-20(13-18)12-16(2)33-22/h4-11,13-14,16,24,30H,12H2,1-3H3/b25-23-. The van der Waals surface area contributed by atoms with E-state index >= 15 is 0 Å². The fourth-order valence-electron chi connectivity index (χ4n) is 4.66. The highest BCUT2D eigenvalue weighted by molar-refractivity contribution is 6.51. The highest BCUT2D eigenvalue weighted by atomic mass is 16.5. The molecule has 2 atom stereocenters. The Kier molecular flexibility index (Phi) is 5.01. The van der Waals surface area contributed by atoms with Crippen molar-refractivity contribution >= 4 is 23.1 Å². The minimum absolute atomic E-state index is 0.0563. The molecule has 1 fully saturated rings. The first-order valence-electron chi connectivity index (χ1n) is 10.9. The van der Waals surface area contributed by atoms with Gasteiger partial charge in [0, 0.05) is 30.1 Å². The van der Waals surface area contributed by atoms with Crippen LogP contribution < -0.4 is 9.64 Å². The molecule has 2 aliphatic rings. The van der Waals surface area contributed by atoms with Crippen LogP contribution in [-0.4, -0.2) is 27.9 Å². The Labute approximate surface area is 192 Å². The smallest absolute Gasteiger partial charge is 0.300 e. The van der Waals surface area contributed by atoms with Gasteiger partial charge in [-0.2, -0.15) is 0 Å². The summed E-state index contributed by atoms with van der Waals surface area (Å²) in [6.45, 7) is 5.87. The number of hydrogen-bond acceptors (Lipinski definition) is 5. The van der Waals surface area contributed by atoms with Crippen LogP contribution in [0.5, 0.6) is 5.75 Å². The van der Waals surface area contributed by atoms with E-state index in [2.05, 4.69) is 4.98 Å². The summed E-state index contributed by atoms with van der Waals surface area (Å²) in [5.74, 6) is -0.805. The molecule has 2 aromatic carbocycles. The molecule has 2 unspecified atom stereocenters. The monoisotopic (exact) mass is 440 g/mol. The lowest BCUT2D eigenvalue weighted by atomic mass is 9.95. The van der Waals surface area contributed by atoms with Gasteiger partial charge in [0.2, 0.25) is 0 Å². The van der Waals surface area contributed by atoms with Crippen LogP contribution in [0.4, 0.5) is 5.69 Å². The normalized spacial score (nSPS) is 21.2. The predicted molar refractivity (Wildman–Crippen MR) is 125 cm³/mol. The van der Waals surface area contributed by atoms with Gasteiger partial charge in [-0.15, -0.1) is 0 Å². The number of hydrogen-bond donors (Lipinski definition) is 1. The second-order valence-corrected chi connectivity index (χ2v) is 8.63. The van der Waals surface area contributed by atoms with Gasteiger partial charge in [-0.05, 0) is 73.4 Å². The molecular formula is C27H24N2O4. The number of anilines is 1. The van der Waals surface area contributed by atoms with Gasteiger partial charge in [-0.25, -0.2) is 0 Å². The zero-order valence-corrected chi connectivity index (χ0v) is 18.7. The second kappa shape index (κ2) is 7.89. The summed E-state index contributed by atoms with van der Waals surface area (Å²) in [4.78, 5) is 32.3. The summed E-state index contributed by atoms with van der Waals surface area (Å²) >= 11 is 0. The van der Waals surface area contributed by atoms with Crippen LogP contribution in [0.1, 0.15) is 40.8 Å². The number of aryl methyl sites for hydroxylation is 1. The van der Waals surface area contributed by atoms with Crippen molar-refractivity contribution in [3.63, 3.8) is 0 Å². The maximum Gasteiger partial charge on any atom is 0.300 e. The quantitative estimate of drug-likeness (QED) is 0.364. The summed E-state index contributed by atoms with van der Waals surface area (Å²) in [6, 6.07) is 13.8. The van der Waals surface area contributed by atoms with Crippen molar-refractivity contribution in [3.8, 4) is 5.75 Å². The van der Waals surface area contributed by atoms with Gasteiger partial charge in [0.05, 0.1) is 11.6 Å². The number of aromatic nitrogens is 1. The molecule has 1 N–H and O–H groups in total. The Morgan fingerprint density at radius 2 is 1.94 bits per heavy atom. The second-order valence-electron chi connectivity index (χ2n) is 8.63. The number of carbonyl (C=O) groups excluding carboxylic acids is 2. The van der Waals surface area contributed by atoms with Crippen LogP contribution in [0, 0.1) is 13.8 Å². The number of nitrogens with zero attached hydrogens (tertiary/aromatic N) is 2. The molecule has 5 rings (SSSR count). The number of aliphatic hydroxyl groups is 1. The van der Waals surface area contributed by atoms with Crippen molar-refractivity contribution in [1.82, 2.24) is 4.98 Å². The minimum atomic E-state index is -0.789. The number of carbonyl (C=O) groups is 2. The van der Waals surface area contributed by atoms with Crippen LogP contribution in [-0.2, 0) is 16.0 Å². The van der Waals surface area contributed by atoms with E-state index in [9.17, 15) is 14.7 Å². The maximum atomic E-state index is 13.3. The summed E-state index contributed by atoms with van der Waals surface area (Å²) in [5.41, 5.74) is 4.70. The van der Waals surface area contributed by atoms with Gasteiger partial charge in [0.25, 0.3) is 11.7 Å². The summed E-state index contributed by atoms with van der Waals surface area (Å²) in [5, 5.41) is 11.3. The van der Waals surface area contributed by atoms with Crippen LogP contribution in [0.25, 0.3) is 5.76 Å². The zero-order chi connectivity index (χ0) is 23.3. The fourth-order valence-corrected chi connectivity index (χ4v) is 4.66. The number of aliphatic hydroxyl groups excluding tert-OH is 1. The number of ether oxygens (including phenoxy) is 1. The molecule has 6 heteroatoms. The number of pyridine rings is 1. The van der Waals surface area contributed by atoms with Crippen LogP contribution in [0.2, 0.25) is 0 Å². The lowest BCUT2D eigenvalue weighted by molar-refractivity contribution is -0.132. The molecule has 0 radical (unpaired) electrons. The molecule has 166 valence electrons. The molecule has 1 amide bonds. The van der Waals surface area contributed by atoms with Gasteiger partial charge >= 0.3 is 0 Å². The van der Waals surface area contributed by atoms with Crippen LogP contribution >= 0.6 is 0 Å². The number of benzene rings is 2. The highest BCUT2D eigenvalue weighted by Gasteiger charge is 2.47. The molecular weight excluding hydrogens is 416 g/mol. The van der Waals surface area contributed by atoms with Gasteiger partial charge in [0.15, 0.2) is 0 Å². The van der Waals surface area contributed by atoms with E-state index in [0.717, 1.165) is 28.9 Å². The van der Waals surface area contributed by atoms with Crippen molar-refractivity contribution in [2.24, 2.45) is 0 Å². The average molecular weight is 440 g/mol. The first-order valence-corrected chi connectivity index (χ1v) is 10.9. The third-order valence-electron chi connectivity index (χ3n) is 6.45. The topological polar surface area (TPSA) is 79.7 Å². The summed E-state index contributed by atoms with van der Waals surface area (Å²) in [6.07, 6.45) is 4.04. The molecule has 0 aliphatic carbocycles. The molecule has 0 bridgehead atoms. The Hall–Kier alpha value is -3.93. The first kappa shape index (κ1) is 20.9. The van der Waals surface area contributed by atoms with E-state index in [1.165, 1.54) is 4.90 Å². The number of Topliss-reactive ketones (excluding diaryl/α,β-unsaturated/α-hetero) is 1. The van der Waals surface area contributed by atoms with E-state index < -0.39 is 17.7 Å². The van der Waals surface area contributed by atoms with Gasteiger partial charge in [-0.3, -0.25) is 19.5 Å². The SMILES string of the molecule is Cc1cccc(N2C(=O)C(=O)/C(=C(\O)c3ccc4c(c3)CC(C)O4)C2c2cccnc2)c1C. The Morgan fingerprint density at radius 1 is 1.12 bits per heavy atom. The van der Waals surface area contributed by atoms with Crippen molar-refractivity contribution in [2.45, 2.75) is 39.3 Å². The Balaban J connectivity index is 1.71. The van der Waals surface area contributed by atoms with Gasteiger partial charge in [-0.1, -0.05) is 18.2 Å². The molecule has 33 heavy (non-hydrogen) atoms. The van der Waals surface area contributed by atoms with E-state index in [4.69, 9.17) is 4.74 Å². The van der Waals surface area contributed by atoms with E-state index in [1.807, 2.05) is 51.1 Å². The zero-order valence-electron chi connectivity index (χ0n) is 18.7. The van der Waals surface area contributed by atoms with Crippen molar-refractivity contribution in [1.29, 1.82) is 0 Å². The minimum Gasteiger partial charge on any atom is -0.507 e. The lowest BCUT2D eigenvalue weighted by Gasteiger charge is -2.27. The molecule has 3 heterocycles. The molecule has 1 aromatic heterocycles. The number of ketones is 1. The van der Waals surface area contributed by atoms with Crippen molar-refractivity contribution in [2.75, 3.05) is 4.90 Å². The van der Waals surface area contributed by atoms with E-state index in [1.54, 1.807) is 30.6 Å². The average Bonchev–Trinajstić information content (AvgIpc) is 3.31. The third-order valence-corrected chi connectivity index (χ3v) is 6.45. The Bertz CT molecular complexity index is 1310. The Morgan fingerprint density at radius 3 is 2.70 bits per heavy atom. The lowest BCUT2D eigenvalue weighted by Crippen LogP contribution is -2.30. The molecule has 1 saturated heterocycles. The van der Waals surface area contributed by atoms with Crippen molar-refractivity contribution in [3.05, 3.63) is 94.3 Å². The number of fused-ring (bicyclic) bond motifs is 1. The van der Waals surface area contributed by atoms with Gasteiger partial charge in [0.1, 0.15) is 17.6 Å². The van der Waals surface area contributed by atoms with Gasteiger partial charge < -0.3 is 9.84 Å². The highest BCUT2D eigenvalue weighted by Crippen LogP contribution is 2.43. The number of amides is 1. The molecule has 0 saturated carbocycles. The third kappa shape index (κ3) is 3.39. The molecule has 0 spiro atoms.